The molecule has 0 atom stereocenters. The molecule has 0 aliphatic rings. The minimum absolute atomic E-state index is 0.863. The van der Waals surface area contributed by atoms with E-state index >= 15 is 0 Å². The quantitative estimate of drug-likeness (QED) is 0.776. The smallest absolute Gasteiger partial charge is 0.0894 e. The summed E-state index contributed by atoms with van der Waals surface area (Å²) in [5, 5.41) is 0.863. The first-order valence-corrected chi connectivity index (χ1v) is 5.86. The van der Waals surface area contributed by atoms with E-state index in [-0.39, 0.29) is 0 Å². The maximum absolute atomic E-state index is 4.50. The summed E-state index contributed by atoms with van der Waals surface area (Å²) in [6, 6.07) is 7.88. The van der Waals surface area contributed by atoms with Crippen LogP contribution in [-0.2, 0) is 0 Å². The summed E-state index contributed by atoms with van der Waals surface area (Å²) in [5.41, 5.74) is 4.02. The summed E-state index contributed by atoms with van der Waals surface area (Å²) >= 11 is 3.41. The molecule has 2 rings (SSSR count). The number of fused-ring (bicyclic) bond motifs is 1. The first-order chi connectivity index (χ1) is 7.29. The second-order valence-electron chi connectivity index (χ2n) is 3.41. The first kappa shape index (κ1) is 10.3. The van der Waals surface area contributed by atoms with Gasteiger partial charge >= 0.3 is 0 Å². The molecule has 76 valence electrons. The highest BCUT2D eigenvalue weighted by Gasteiger charge is 1.96. The van der Waals surface area contributed by atoms with Gasteiger partial charge in [-0.2, -0.15) is 0 Å². The third-order valence-corrected chi connectivity index (χ3v) is 2.96. The average Bonchev–Trinajstić information content (AvgIpc) is 2.29. The van der Waals surface area contributed by atoms with Gasteiger partial charge in [-0.15, -0.1) is 0 Å². The molecule has 0 amide bonds. The van der Waals surface area contributed by atoms with Crippen molar-refractivity contribution in [2.75, 3.05) is 5.33 Å². The van der Waals surface area contributed by atoms with E-state index in [1.165, 1.54) is 5.57 Å². The average molecular weight is 263 g/mol. The maximum Gasteiger partial charge on any atom is 0.0894 e. The lowest BCUT2D eigenvalue weighted by Crippen LogP contribution is -1.88. The van der Waals surface area contributed by atoms with E-state index in [0.717, 1.165) is 22.1 Å². The zero-order chi connectivity index (χ0) is 10.7. The maximum atomic E-state index is 4.50. The van der Waals surface area contributed by atoms with Crippen LogP contribution in [0.15, 0.2) is 36.0 Å². The molecule has 0 fully saturated rings. The molecule has 0 bridgehead atoms. The monoisotopic (exact) mass is 262 g/mol. The highest BCUT2D eigenvalue weighted by molar-refractivity contribution is 9.09. The fourth-order valence-corrected chi connectivity index (χ4v) is 1.49. The molecule has 0 saturated heterocycles. The number of rotatable bonds is 2. The molecule has 15 heavy (non-hydrogen) atoms. The van der Waals surface area contributed by atoms with Crippen LogP contribution in [-0.4, -0.2) is 15.3 Å². The number of benzene rings is 1. The van der Waals surface area contributed by atoms with Crippen molar-refractivity contribution in [3.8, 4) is 0 Å². The molecular weight excluding hydrogens is 252 g/mol. The number of aromatic nitrogens is 2. The van der Waals surface area contributed by atoms with Crippen molar-refractivity contribution in [3.63, 3.8) is 0 Å². The molecule has 2 nitrogen and oxygen atoms in total. The third-order valence-electron chi connectivity index (χ3n) is 2.07. The second-order valence-corrected chi connectivity index (χ2v) is 3.97. The molecule has 0 unspecified atom stereocenters. The van der Waals surface area contributed by atoms with Crippen LogP contribution in [0.3, 0.4) is 0 Å². The number of halogens is 1. The van der Waals surface area contributed by atoms with Crippen molar-refractivity contribution in [2.45, 2.75) is 6.92 Å². The Bertz CT molecular complexity index is 506. The van der Waals surface area contributed by atoms with Crippen molar-refractivity contribution >= 4 is 33.0 Å². The van der Waals surface area contributed by atoms with Gasteiger partial charge in [0.05, 0.1) is 22.9 Å². The molecule has 0 aliphatic carbocycles. The van der Waals surface area contributed by atoms with Gasteiger partial charge in [-0.25, -0.2) is 4.98 Å². The largest absolute Gasteiger partial charge is 0.252 e. The number of para-hydroxylation sites is 2. The fraction of sp³-hybridized carbons (Fsp3) is 0.167. The Hall–Kier alpha value is -1.22. The van der Waals surface area contributed by atoms with Gasteiger partial charge in [-0.05, 0) is 25.1 Å². The molecule has 0 radical (unpaired) electrons. The second kappa shape index (κ2) is 4.53. The molecule has 3 heteroatoms. The van der Waals surface area contributed by atoms with Crippen molar-refractivity contribution in [2.24, 2.45) is 0 Å². The van der Waals surface area contributed by atoms with E-state index in [9.17, 15) is 0 Å². The van der Waals surface area contributed by atoms with Gasteiger partial charge in [0.25, 0.3) is 0 Å². The zero-order valence-corrected chi connectivity index (χ0v) is 10.0. The van der Waals surface area contributed by atoms with Crippen molar-refractivity contribution in [1.82, 2.24) is 9.97 Å². The molecule has 1 aromatic heterocycles. The van der Waals surface area contributed by atoms with Gasteiger partial charge < -0.3 is 0 Å². The number of allylic oxidation sites excluding steroid dienone is 1. The SMILES string of the molecule is CC(=Cc1cnc2ccccc2n1)CBr. The minimum atomic E-state index is 0.863. The van der Waals surface area contributed by atoms with Gasteiger partial charge in [0.1, 0.15) is 0 Å². The van der Waals surface area contributed by atoms with E-state index in [1.54, 1.807) is 6.20 Å². The summed E-state index contributed by atoms with van der Waals surface area (Å²) in [5.74, 6) is 0. The molecule has 0 spiro atoms. The van der Waals surface area contributed by atoms with E-state index < -0.39 is 0 Å². The van der Waals surface area contributed by atoms with Crippen LogP contribution in [0.5, 0.6) is 0 Å². The zero-order valence-electron chi connectivity index (χ0n) is 8.44. The number of hydrogen-bond acceptors (Lipinski definition) is 2. The van der Waals surface area contributed by atoms with Gasteiger partial charge in [0.2, 0.25) is 0 Å². The van der Waals surface area contributed by atoms with E-state index in [1.807, 2.05) is 30.3 Å². The molecule has 0 N–H and O–H groups in total. The standard InChI is InChI=1S/C12H11BrN2/c1-9(7-13)6-10-8-14-11-4-2-3-5-12(11)15-10/h2-6,8H,7H2,1H3. The molecular formula is C12H11BrN2. The van der Waals surface area contributed by atoms with Gasteiger partial charge in [-0.3, -0.25) is 4.98 Å². The van der Waals surface area contributed by atoms with E-state index in [0.29, 0.717) is 0 Å². The van der Waals surface area contributed by atoms with Crippen LogP contribution < -0.4 is 0 Å². The highest BCUT2D eigenvalue weighted by Crippen LogP contribution is 2.11. The van der Waals surface area contributed by atoms with Crippen LogP contribution in [0.2, 0.25) is 0 Å². The Morgan fingerprint density at radius 3 is 2.80 bits per heavy atom. The van der Waals surface area contributed by atoms with Gasteiger partial charge in [0.15, 0.2) is 0 Å². The fourth-order valence-electron chi connectivity index (χ4n) is 1.33. The van der Waals surface area contributed by atoms with Crippen molar-refractivity contribution < 1.29 is 0 Å². The molecule has 0 aliphatic heterocycles. The predicted molar refractivity (Wildman–Crippen MR) is 67.0 cm³/mol. The molecule has 0 saturated carbocycles. The van der Waals surface area contributed by atoms with Crippen molar-refractivity contribution in [3.05, 3.63) is 41.7 Å². The predicted octanol–water partition coefficient (Wildman–Crippen LogP) is 3.43. The lowest BCUT2D eigenvalue weighted by atomic mass is 10.2. The third kappa shape index (κ3) is 2.42. The first-order valence-electron chi connectivity index (χ1n) is 4.74. The lowest BCUT2D eigenvalue weighted by molar-refractivity contribution is 1.26. The Morgan fingerprint density at radius 2 is 2.07 bits per heavy atom. The molecule has 1 aromatic carbocycles. The van der Waals surface area contributed by atoms with Crippen LogP contribution in [0.4, 0.5) is 0 Å². The summed E-state index contributed by atoms with van der Waals surface area (Å²) in [4.78, 5) is 8.85. The van der Waals surface area contributed by atoms with Gasteiger partial charge in [0, 0.05) is 5.33 Å². The summed E-state index contributed by atoms with van der Waals surface area (Å²) in [6.07, 6.45) is 3.84. The Morgan fingerprint density at radius 1 is 1.33 bits per heavy atom. The van der Waals surface area contributed by atoms with Crippen molar-refractivity contribution in [1.29, 1.82) is 0 Å². The topological polar surface area (TPSA) is 25.8 Å². The van der Waals surface area contributed by atoms with E-state index in [4.69, 9.17) is 0 Å². The lowest BCUT2D eigenvalue weighted by Gasteiger charge is -1.98. The Kier molecular flexibility index (Phi) is 3.11. The Labute approximate surface area is 97.2 Å². The number of hydrogen-bond donors (Lipinski definition) is 0. The molecule has 2 aromatic rings. The summed E-state index contributed by atoms with van der Waals surface area (Å²) < 4.78 is 0. The van der Waals surface area contributed by atoms with Crippen LogP contribution in [0.25, 0.3) is 17.1 Å². The van der Waals surface area contributed by atoms with E-state index in [2.05, 4.69) is 32.8 Å². The summed E-state index contributed by atoms with van der Waals surface area (Å²) in [7, 11) is 0. The normalized spacial score (nSPS) is 12.0. The number of nitrogens with zero attached hydrogens (tertiary/aromatic N) is 2. The van der Waals surface area contributed by atoms with Crippen LogP contribution in [0, 0.1) is 0 Å². The Balaban J connectivity index is 2.47. The highest BCUT2D eigenvalue weighted by atomic mass is 79.9. The van der Waals surface area contributed by atoms with Gasteiger partial charge in [-0.1, -0.05) is 33.6 Å². The number of alkyl halides is 1. The van der Waals surface area contributed by atoms with Crippen LogP contribution >= 0.6 is 15.9 Å². The molecule has 1 heterocycles. The van der Waals surface area contributed by atoms with Crippen LogP contribution in [0.1, 0.15) is 12.6 Å². The minimum Gasteiger partial charge on any atom is -0.252 e. The summed E-state index contributed by atoms with van der Waals surface area (Å²) in [6.45, 7) is 2.06.